The van der Waals surface area contributed by atoms with Crippen LogP contribution in [0.25, 0.3) is 11.3 Å². The quantitative estimate of drug-likeness (QED) is 0.856. The van der Waals surface area contributed by atoms with Gasteiger partial charge in [0.15, 0.2) is 5.56 Å². The van der Waals surface area contributed by atoms with E-state index in [-0.39, 0.29) is 11.5 Å². The van der Waals surface area contributed by atoms with E-state index in [0.29, 0.717) is 24.7 Å². The number of amides is 1. The first-order chi connectivity index (χ1) is 10.6. The van der Waals surface area contributed by atoms with Gasteiger partial charge in [0.2, 0.25) is 0 Å². The number of benzene rings is 1. The Morgan fingerprint density at radius 1 is 1.27 bits per heavy atom. The highest BCUT2D eigenvalue weighted by Crippen LogP contribution is 2.24. The smallest absolute Gasteiger partial charge is 0.338 e. The van der Waals surface area contributed by atoms with Crippen molar-refractivity contribution in [2.45, 2.75) is 19.8 Å². The van der Waals surface area contributed by atoms with Gasteiger partial charge in [-0.05, 0) is 18.8 Å². The van der Waals surface area contributed by atoms with E-state index in [1.807, 2.05) is 30.3 Å². The van der Waals surface area contributed by atoms with Gasteiger partial charge < -0.3 is 9.42 Å². The van der Waals surface area contributed by atoms with Crippen LogP contribution in [0, 0.1) is 5.92 Å². The lowest BCUT2D eigenvalue weighted by atomic mass is 9.99. The summed E-state index contributed by atoms with van der Waals surface area (Å²) in [5.41, 5.74) is 0.936. The van der Waals surface area contributed by atoms with Gasteiger partial charge in [0.1, 0.15) is 5.69 Å². The van der Waals surface area contributed by atoms with Crippen molar-refractivity contribution >= 4 is 5.91 Å². The van der Waals surface area contributed by atoms with Crippen LogP contribution in [0.1, 0.15) is 30.1 Å². The average Bonchev–Trinajstić information content (AvgIpc) is 2.81. The summed E-state index contributed by atoms with van der Waals surface area (Å²) in [4.78, 5) is 26.8. The molecule has 22 heavy (non-hydrogen) atoms. The molecular weight excluding hydrogens is 280 g/mol. The van der Waals surface area contributed by atoms with Crippen molar-refractivity contribution in [1.29, 1.82) is 0 Å². The molecule has 1 aromatic heterocycles. The van der Waals surface area contributed by atoms with Crippen molar-refractivity contribution in [3.63, 3.8) is 0 Å². The Hall–Kier alpha value is -2.30. The van der Waals surface area contributed by atoms with Crippen LogP contribution >= 0.6 is 0 Å². The molecule has 1 atom stereocenters. The number of hydrogen-bond donors (Lipinski definition) is 0. The lowest BCUT2D eigenvalue weighted by Gasteiger charge is -2.30. The van der Waals surface area contributed by atoms with Crippen molar-refractivity contribution in [1.82, 2.24) is 9.64 Å². The van der Waals surface area contributed by atoms with Crippen molar-refractivity contribution < 1.29 is 9.32 Å². The first kappa shape index (κ1) is 14.6. The van der Waals surface area contributed by atoms with Crippen LogP contribution in [-0.4, -0.2) is 28.6 Å². The fraction of sp³-hybridized carbons (Fsp3) is 0.412. The predicted molar refractivity (Wildman–Crippen MR) is 83.7 cm³/mol. The zero-order chi connectivity index (χ0) is 15.7. The van der Waals surface area contributed by atoms with Crippen LogP contribution < -0.4 is 5.63 Å². The Labute approximate surface area is 129 Å². The van der Waals surface area contributed by atoms with Gasteiger partial charge in [-0.2, -0.15) is 0 Å². The maximum Gasteiger partial charge on any atom is 0.370 e. The molecule has 1 fully saturated rings. The number of piperidine rings is 1. The van der Waals surface area contributed by atoms with E-state index in [9.17, 15) is 9.59 Å². The molecule has 0 bridgehead atoms. The number of hydrogen-bond acceptors (Lipinski definition) is 3. The zero-order valence-corrected chi connectivity index (χ0v) is 12.9. The number of carbonyl (C=O) groups excluding carboxylic acids is 1. The summed E-state index contributed by atoms with van der Waals surface area (Å²) < 4.78 is 6.54. The lowest BCUT2D eigenvalue weighted by molar-refractivity contribution is 0.0681. The molecule has 1 unspecified atom stereocenters. The third kappa shape index (κ3) is 2.58. The fourth-order valence-corrected chi connectivity index (χ4v) is 3.11. The Morgan fingerprint density at radius 3 is 2.68 bits per heavy atom. The summed E-state index contributed by atoms with van der Waals surface area (Å²) in [5.74, 6) is 0.244. The molecule has 0 radical (unpaired) electrons. The van der Waals surface area contributed by atoms with Gasteiger partial charge >= 0.3 is 5.63 Å². The molecule has 2 aromatic rings. The zero-order valence-electron chi connectivity index (χ0n) is 12.9. The van der Waals surface area contributed by atoms with Gasteiger partial charge in [-0.3, -0.25) is 4.79 Å². The standard InChI is InChI=1S/C17H20N2O3/c1-12-7-6-10-19(11-12)16(20)14-15(18(2)22-17(14)21)13-8-4-3-5-9-13/h3-5,8-9,12H,6-7,10-11H2,1-2H3. The first-order valence-corrected chi connectivity index (χ1v) is 7.63. The van der Waals surface area contributed by atoms with Crippen LogP contribution in [0.3, 0.4) is 0 Å². The molecule has 1 aliphatic heterocycles. The van der Waals surface area contributed by atoms with Crippen LogP contribution in [0.5, 0.6) is 0 Å². The third-order valence-corrected chi connectivity index (χ3v) is 4.18. The number of nitrogens with zero attached hydrogens (tertiary/aromatic N) is 2. The highest BCUT2D eigenvalue weighted by atomic mass is 16.5. The number of carbonyl (C=O) groups is 1. The number of aryl methyl sites for hydroxylation is 1. The summed E-state index contributed by atoms with van der Waals surface area (Å²) in [6.07, 6.45) is 2.10. The van der Waals surface area contributed by atoms with Gasteiger partial charge in [-0.25, -0.2) is 9.53 Å². The molecule has 116 valence electrons. The number of aromatic nitrogens is 1. The highest BCUT2D eigenvalue weighted by Gasteiger charge is 2.29. The minimum atomic E-state index is -0.565. The largest absolute Gasteiger partial charge is 0.370 e. The predicted octanol–water partition coefficient (Wildman–Crippen LogP) is 2.52. The van der Waals surface area contributed by atoms with E-state index in [0.717, 1.165) is 18.4 Å². The molecule has 0 saturated carbocycles. The molecule has 0 N–H and O–H groups in total. The average molecular weight is 300 g/mol. The first-order valence-electron chi connectivity index (χ1n) is 7.63. The van der Waals surface area contributed by atoms with E-state index in [4.69, 9.17) is 4.52 Å². The normalized spacial score (nSPS) is 18.5. The van der Waals surface area contributed by atoms with E-state index in [1.165, 1.54) is 4.74 Å². The van der Waals surface area contributed by atoms with Gasteiger partial charge in [0, 0.05) is 25.7 Å². The molecule has 5 heteroatoms. The van der Waals surface area contributed by atoms with Gasteiger partial charge in [-0.15, -0.1) is 0 Å². The molecule has 1 amide bonds. The summed E-state index contributed by atoms with van der Waals surface area (Å²) in [7, 11) is 1.65. The third-order valence-electron chi connectivity index (χ3n) is 4.18. The maximum atomic E-state index is 12.8. The lowest BCUT2D eigenvalue weighted by Crippen LogP contribution is -2.40. The van der Waals surface area contributed by atoms with E-state index >= 15 is 0 Å². The van der Waals surface area contributed by atoms with Gasteiger partial charge in [0.05, 0.1) is 0 Å². The Bertz CT molecular complexity index is 730. The molecule has 1 aliphatic rings. The molecule has 3 rings (SSSR count). The van der Waals surface area contributed by atoms with E-state index in [1.54, 1.807) is 11.9 Å². The SMILES string of the molecule is CC1CCCN(C(=O)c2c(-c3ccccc3)n(C)oc2=O)C1. The van der Waals surface area contributed by atoms with E-state index < -0.39 is 5.63 Å². The van der Waals surface area contributed by atoms with Gasteiger partial charge in [0.25, 0.3) is 5.91 Å². The van der Waals surface area contributed by atoms with Crippen molar-refractivity contribution in [2.75, 3.05) is 13.1 Å². The molecular formula is C17H20N2O3. The second-order valence-electron chi connectivity index (χ2n) is 5.96. The molecule has 0 aliphatic carbocycles. The Morgan fingerprint density at radius 2 is 2.00 bits per heavy atom. The van der Waals surface area contributed by atoms with Crippen LogP contribution in [0.15, 0.2) is 39.6 Å². The maximum absolute atomic E-state index is 12.8. The molecule has 1 saturated heterocycles. The Kier molecular flexibility index (Phi) is 3.88. The highest BCUT2D eigenvalue weighted by molar-refractivity contribution is 5.99. The Balaban J connectivity index is 2.04. The van der Waals surface area contributed by atoms with Crippen molar-refractivity contribution in [3.8, 4) is 11.3 Å². The van der Waals surface area contributed by atoms with Crippen LogP contribution in [0.2, 0.25) is 0 Å². The fourth-order valence-electron chi connectivity index (χ4n) is 3.11. The van der Waals surface area contributed by atoms with Crippen molar-refractivity contribution in [2.24, 2.45) is 13.0 Å². The monoisotopic (exact) mass is 300 g/mol. The summed E-state index contributed by atoms with van der Waals surface area (Å²) in [6, 6.07) is 9.41. The summed E-state index contributed by atoms with van der Waals surface area (Å²) in [5, 5.41) is 0. The topological polar surface area (TPSA) is 55.5 Å². The molecule has 1 aromatic carbocycles. The summed E-state index contributed by atoms with van der Waals surface area (Å²) in [6.45, 7) is 3.53. The van der Waals surface area contributed by atoms with Crippen molar-refractivity contribution in [3.05, 3.63) is 46.3 Å². The second kappa shape index (κ2) is 5.83. The number of likely N-dealkylation sites (tertiary alicyclic amines) is 1. The van der Waals surface area contributed by atoms with Gasteiger partial charge in [-0.1, -0.05) is 37.3 Å². The summed E-state index contributed by atoms with van der Waals surface area (Å²) >= 11 is 0. The minimum absolute atomic E-state index is 0.141. The second-order valence-corrected chi connectivity index (χ2v) is 5.96. The van der Waals surface area contributed by atoms with Crippen LogP contribution in [0.4, 0.5) is 0 Å². The minimum Gasteiger partial charge on any atom is -0.338 e. The molecule has 0 spiro atoms. The number of rotatable bonds is 2. The molecule has 5 nitrogen and oxygen atoms in total. The molecule has 2 heterocycles. The van der Waals surface area contributed by atoms with Crippen LogP contribution in [-0.2, 0) is 7.05 Å². The van der Waals surface area contributed by atoms with E-state index in [2.05, 4.69) is 6.92 Å².